The Kier molecular flexibility index (Phi) is 5.43. The molecular weight excluding hydrogens is 248 g/mol. The maximum Gasteiger partial charge on any atom is 0.137 e. The first-order valence-electron chi connectivity index (χ1n) is 7.53. The van der Waals surface area contributed by atoms with Gasteiger partial charge < -0.3 is 9.64 Å². The van der Waals surface area contributed by atoms with E-state index in [-0.39, 0.29) is 0 Å². The van der Waals surface area contributed by atoms with Crippen molar-refractivity contribution in [2.75, 3.05) is 26.2 Å². The van der Waals surface area contributed by atoms with Gasteiger partial charge >= 0.3 is 0 Å². The van der Waals surface area contributed by atoms with Crippen LogP contribution in [0.3, 0.4) is 0 Å². The zero-order valence-electron chi connectivity index (χ0n) is 12.5. The van der Waals surface area contributed by atoms with Crippen molar-refractivity contribution < 1.29 is 4.74 Å². The molecule has 2 unspecified atom stereocenters. The maximum atomic E-state index is 9.00. The molecule has 1 aromatic rings. The SMILES string of the molecule is CC1CC(C)CN(CCCOc2ccccc2C#N)C1. The van der Waals surface area contributed by atoms with Gasteiger partial charge in [0.2, 0.25) is 0 Å². The van der Waals surface area contributed by atoms with E-state index in [1.54, 1.807) is 6.07 Å². The summed E-state index contributed by atoms with van der Waals surface area (Å²) in [6.45, 7) is 8.85. The Morgan fingerprint density at radius 1 is 1.25 bits per heavy atom. The van der Waals surface area contributed by atoms with E-state index in [1.165, 1.54) is 19.5 Å². The van der Waals surface area contributed by atoms with E-state index in [2.05, 4.69) is 24.8 Å². The second-order valence-corrected chi connectivity index (χ2v) is 6.02. The van der Waals surface area contributed by atoms with Gasteiger partial charge in [0.05, 0.1) is 12.2 Å². The topological polar surface area (TPSA) is 36.3 Å². The predicted octanol–water partition coefficient (Wildman–Crippen LogP) is 3.31. The lowest BCUT2D eigenvalue weighted by molar-refractivity contribution is 0.132. The number of nitriles is 1. The number of hydrogen-bond donors (Lipinski definition) is 0. The van der Waals surface area contributed by atoms with E-state index < -0.39 is 0 Å². The van der Waals surface area contributed by atoms with Crippen molar-refractivity contribution in [1.29, 1.82) is 5.26 Å². The molecule has 0 spiro atoms. The summed E-state index contributed by atoms with van der Waals surface area (Å²) in [5.41, 5.74) is 0.618. The standard InChI is InChI=1S/C17H24N2O/c1-14-10-15(2)13-19(12-14)8-5-9-20-17-7-4-3-6-16(17)11-18/h3-4,6-7,14-15H,5,8-10,12-13H2,1-2H3. The Labute approximate surface area is 122 Å². The van der Waals surface area contributed by atoms with E-state index in [0.717, 1.165) is 24.8 Å². The van der Waals surface area contributed by atoms with Crippen LogP contribution in [0.1, 0.15) is 32.3 Å². The second-order valence-electron chi connectivity index (χ2n) is 6.02. The Balaban J connectivity index is 1.73. The highest BCUT2D eigenvalue weighted by Crippen LogP contribution is 2.21. The molecule has 20 heavy (non-hydrogen) atoms. The molecule has 108 valence electrons. The Hall–Kier alpha value is -1.53. The summed E-state index contributed by atoms with van der Waals surface area (Å²) in [6, 6.07) is 9.59. The van der Waals surface area contributed by atoms with Crippen LogP contribution >= 0.6 is 0 Å². The number of hydrogen-bond acceptors (Lipinski definition) is 3. The molecule has 0 bridgehead atoms. The average Bonchev–Trinajstić information content (AvgIpc) is 2.43. The van der Waals surface area contributed by atoms with Crippen LogP contribution in [0.5, 0.6) is 5.75 Å². The molecule has 3 heteroatoms. The molecule has 1 aliphatic heterocycles. The Bertz CT molecular complexity index is 456. The highest BCUT2D eigenvalue weighted by atomic mass is 16.5. The van der Waals surface area contributed by atoms with Gasteiger partial charge in [0, 0.05) is 19.6 Å². The van der Waals surface area contributed by atoms with Crippen LogP contribution in [-0.2, 0) is 0 Å². The highest BCUT2D eigenvalue weighted by molar-refractivity contribution is 5.42. The Morgan fingerprint density at radius 2 is 1.95 bits per heavy atom. The van der Waals surface area contributed by atoms with Crippen LogP contribution in [0.4, 0.5) is 0 Å². The van der Waals surface area contributed by atoms with Crippen LogP contribution in [-0.4, -0.2) is 31.1 Å². The number of piperidine rings is 1. The van der Waals surface area contributed by atoms with Gasteiger partial charge in [-0.25, -0.2) is 0 Å². The predicted molar refractivity (Wildman–Crippen MR) is 80.7 cm³/mol. The molecule has 0 N–H and O–H groups in total. The fourth-order valence-electron chi connectivity index (χ4n) is 3.13. The average molecular weight is 272 g/mol. The number of rotatable bonds is 5. The van der Waals surface area contributed by atoms with Crippen molar-refractivity contribution in [3.05, 3.63) is 29.8 Å². The van der Waals surface area contributed by atoms with Crippen LogP contribution < -0.4 is 4.74 Å². The summed E-state index contributed by atoms with van der Waals surface area (Å²) in [6.07, 6.45) is 2.36. The monoisotopic (exact) mass is 272 g/mol. The summed E-state index contributed by atoms with van der Waals surface area (Å²) < 4.78 is 5.72. The number of benzene rings is 1. The summed E-state index contributed by atoms with van der Waals surface area (Å²) in [7, 11) is 0. The molecule has 2 rings (SSSR count). The number of para-hydroxylation sites is 1. The lowest BCUT2D eigenvalue weighted by Crippen LogP contribution is -2.39. The zero-order chi connectivity index (χ0) is 14.4. The summed E-state index contributed by atoms with van der Waals surface area (Å²) in [4.78, 5) is 2.54. The quantitative estimate of drug-likeness (QED) is 0.772. The number of nitrogens with zero attached hydrogens (tertiary/aromatic N) is 2. The van der Waals surface area contributed by atoms with Crippen molar-refractivity contribution >= 4 is 0 Å². The van der Waals surface area contributed by atoms with Gasteiger partial charge in [-0.2, -0.15) is 5.26 Å². The van der Waals surface area contributed by atoms with Gasteiger partial charge in [-0.05, 0) is 36.8 Å². The normalized spacial score (nSPS) is 23.2. The summed E-state index contributed by atoms with van der Waals surface area (Å²) >= 11 is 0. The minimum absolute atomic E-state index is 0.618. The fraction of sp³-hybridized carbons (Fsp3) is 0.588. The van der Waals surface area contributed by atoms with E-state index in [4.69, 9.17) is 10.00 Å². The van der Waals surface area contributed by atoms with Crippen molar-refractivity contribution in [3.63, 3.8) is 0 Å². The molecule has 0 amide bonds. The van der Waals surface area contributed by atoms with Gasteiger partial charge in [0.1, 0.15) is 11.8 Å². The third-order valence-corrected chi connectivity index (χ3v) is 3.83. The van der Waals surface area contributed by atoms with Gasteiger partial charge in [0.15, 0.2) is 0 Å². The summed E-state index contributed by atoms with van der Waals surface area (Å²) in [5.74, 6) is 2.31. The van der Waals surface area contributed by atoms with Gasteiger partial charge in [0.25, 0.3) is 0 Å². The van der Waals surface area contributed by atoms with E-state index in [0.29, 0.717) is 17.9 Å². The molecule has 3 nitrogen and oxygen atoms in total. The third kappa shape index (κ3) is 4.25. The third-order valence-electron chi connectivity index (χ3n) is 3.83. The van der Waals surface area contributed by atoms with E-state index in [1.807, 2.05) is 18.2 Å². The van der Waals surface area contributed by atoms with Crippen molar-refractivity contribution in [2.24, 2.45) is 11.8 Å². The lowest BCUT2D eigenvalue weighted by Gasteiger charge is -2.34. The first kappa shape index (κ1) is 14.9. The van der Waals surface area contributed by atoms with Crippen molar-refractivity contribution in [3.8, 4) is 11.8 Å². The van der Waals surface area contributed by atoms with Crippen molar-refractivity contribution in [1.82, 2.24) is 4.90 Å². The number of ether oxygens (including phenoxy) is 1. The zero-order valence-corrected chi connectivity index (χ0v) is 12.5. The second kappa shape index (κ2) is 7.31. The van der Waals surface area contributed by atoms with E-state index >= 15 is 0 Å². The molecule has 0 aromatic heterocycles. The fourth-order valence-corrected chi connectivity index (χ4v) is 3.13. The summed E-state index contributed by atoms with van der Waals surface area (Å²) in [5, 5.41) is 9.00. The smallest absolute Gasteiger partial charge is 0.137 e. The van der Waals surface area contributed by atoms with Gasteiger partial charge in [-0.1, -0.05) is 26.0 Å². The molecule has 1 saturated heterocycles. The maximum absolute atomic E-state index is 9.00. The molecule has 2 atom stereocenters. The lowest BCUT2D eigenvalue weighted by atomic mass is 9.92. The number of likely N-dealkylation sites (tertiary alicyclic amines) is 1. The molecule has 1 aliphatic rings. The van der Waals surface area contributed by atoms with E-state index in [9.17, 15) is 0 Å². The molecule has 0 aliphatic carbocycles. The molecule has 0 saturated carbocycles. The largest absolute Gasteiger partial charge is 0.492 e. The van der Waals surface area contributed by atoms with Crippen LogP contribution in [0, 0.1) is 23.2 Å². The minimum Gasteiger partial charge on any atom is -0.492 e. The minimum atomic E-state index is 0.618. The van der Waals surface area contributed by atoms with Crippen LogP contribution in [0.15, 0.2) is 24.3 Å². The van der Waals surface area contributed by atoms with Gasteiger partial charge in [-0.3, -0.25) is 0 Å². The van der Waals surface area contributed by atoms with Gasteiger partial charge in [-0.15, -0.1) is 0 Å². The molecule has 0 radical (unpaired) electrons. The van der Waals surface area contributed by atoms with Crippen LogP contribution in [0.25, 0.3) is 0 Å². The highest BCUT2D eigenvalue weighted by Gasteiger charge is 2.21. The molecular formula is C17H24N2O. The molecule has 1 heterocycles. The van der Waals surface area contributed by atoms with Crippen molar-refractivity contribution in [2.45, 2.75) is 26.7 Å². The first-order chi connectivity index (χ1) is 9.69. The van der Waals surface area contributed by atoms with Crippen LogP contribution in [0.2, 0.25) is 0 Å². The Morgan fingerprint density at radius 3 is 2.65 bits per heavy atom. The molecule has 1 aromatic carbocycles. The first-order valence-corrected chi connectivity index (χ1v) is 7.53. The molecule has 1 fully saturated rings.